The van der Waals surface area contributed by atoms with E-state index < -0.39 is 21.5 Å². The molecule has 2 N–H and O–H groups in total. The largest absolute Gasteiger partial charge is 0.462 e. The van der Waals surface area contributed by atoms with Gasteiger partial charge >= 0.3 is 11.6 Å². The lowest BCUT2D eigenvalue weighted by molar-refractivity contribution is -0.427. The molecule has 0 bridgehead atoms. The molecule has 0 radical (unpaired) electrons. The molecule has 19 heavy (non-hydrogen) atoms. The van der Waals surface area contributed by atoms with Crippen LogP contribution in [0.2, 0.25) is 0 Å². The van der Waals surface area contributed by atoms with Gasteiger partial charge in [0.2, 0.25) is 5.95 Å². The predicted octanol–water partition coefficient (Wildman–Crippen LogP) is 0.973. The van der Waals surface area contributed by atoms with E-state index in [0.717, 1.165) is 6.33 Å². The number of rotatable bonds is 3. The second-order valence-electron chi connectivity index (χ2n) is 2.59. The molecule has 14 nitrogen and oxygen atoms in total. The van der Waals surface area contributed by atoms with Crippen molar-refractivity contribution in [2.45, 2.75) is 0 Å². The first-order valence-corrected chi connectivity index (χ1v) is 4.29. The van der Waals surface area contributed by atoms with Crippen LogP contribution in [0.3, 0.4) is 0 Å². The molecule has 0 saturated heterocycles. The van der Waals surface area contributed by atoms with Gasteiger partial charge in [-0.25, -0.2) is 4.98 Å². The molecule has 0 aliphatic heterocycles. The molecule has 0 atom stereocenters. The molecular formula is C5H4N10O4. The summed E-state index contributed by atoms with van der Waals surface area (Å²) in [5.74, 6) is -1.28. The molecule has 0 aliphatic rings. The number of aromatic amines is 2. The van der Waals surface area contributed by atoms with E-state index in [1.165, 1.54) is 6.33 Å². The highest BCUT2D eigenvalue weighted by molar-refractivity contribution is 5.38. The zero-order chi connectivity index (χ0) is 14.3. The summed E-state index contributed by atoms with van der Waals surface area (Å²) < 4.78 is 0. The van der Waals surface area contributed by atoms with Gasteiger partial charge in [-0.15, -0.1) is 0 Å². The van der Waals surface area contributed by atoms with Gasteiger partial charge in [0, 0.05) is 9.90 Å². The van der Waals surface area contributed by atoms with Crippen LogP contribution in [0.1, 0.15) is 0 Å². The van der Waals surface area contributed by atoms with E-state index in [-0.39, 0.29) is 5.95 Å². The first-order valence-electron chi connectivity index (χ1n) is 4.29. The van der Waals surface area contributed by atoms with Crippen molar-refractivity contribution in [3.05, 3.63) is 43.3 Å². The fourth-order valence-electron chi connectivity index (χ4n) is 0.838. The molecule has 14 heteroatoms. The third-order valence-corrected chi connectivity index (χ3v) is 1.50. The van der Waals surface area contributed by atoms with Crippen LogP contribution in [0.25, 0.3) is 10.4 Å². The molecule has 0 aromatic carbocycles. The van der Waals surface area contributed by atoms with Gasteiger partial charge in [-0.1, -0.05) is 0 Å². The molecule has 2 heterocycles. The lowest BCUT2D eigenvalue weighted by atomic mass is 10.7. The Hall–Kier alpha value is -3.54. The van der Waals surface area contributed by atoms with Crippen LogP contribution in [-0.2, 0) is 0 Å². The van der Waals surface area contributed by atoms with Gasteiger partial charge < -0.3 is 20.2 Å². The number of hydrogen-bond acceptors (Lipinski definition) is 8. The molecule has 0 aliphatic carbocycles. The van der Waals surface area contributed by atoms with Crippen molar-refractivity contribution in [1.82, 2.24) is 25.1 Å². The first kappa shape index (κ1) is 13.5. The Bertz CT molecular complexity index is 581. The molecule has 2 aromatic heterocycles. The van der Waals surface area contributed by atoms with E-state index >= 15 is 0 Å². The lowest BCUT2D eigenvalue weighted by Gasteiger charge is -1.88. The van der Waals surface area contributed by atoms with Crippen molar-refractivity contribution < 1.29 is 9.85 Å². The van der Waals surface area contributed by atoms with Crippen molar-refractivity contribution >= 4 is 17.6 Å². The maximum Gasteiger partial charge on any atom is 0.462 e. The number of hydrogen-bond donors (Lipinski definition) is 2. The second kappa shape index (κ2) is 6.26. The van der Waals surface area contributed by atoms with E-state index in [1.54, 1.807) is 0 Å². The molecule has 0 saturated carbocycles. The van der Waals surface area contributed by atoms with Crippen LogP contribution >= 0.6 is 0 Å². The number of nitrogens with zero attached hydrogens (tertiary/aromatic N) is 8. The number of aromatic nitrogens is 5. The average molecular weight is 268 g/mol. The summed E-state index contributed by atoms with van der Waals surface area (Å²) in [5.41, 5.74) is 7.81. The minimum atomic E-state index is -0.922. The minimum absolute atomic E-state index is 0.188. The summed E-state index contributed by atoms with van der Waals surface area (Å²) >= 11 is 0. The highest BCUT2D eigenvalue weighted by Gasteiger charge is 2.26. The Morgan fingerprint density at radius 2 is 2.05 bits per heavy atom. The zero-order valence-corrected chi connectivity index (χ0v) is 8.87. The maximum absolute atomic E-state index is 10.0. The smallest absolute Gasteiger partial charge is 0.358 e. The van der Waals surface area contributed by atoms with E-state index in [0.29, 0.717) is 0 Å². The molecular weight excluding hydrogens is 264 g/mol. The monoisotopic (exact) mass is 268 g/mol. The van der Waals surface area contributed by atoms with Crippen LogP contribution in [0, 0.1) is 20.2 Å². The van der Waals surface area contributed by atoms with Crippen LogP contribution < -0.4 is 0 Å². The fourth-order valence-corrected chi connectivity index (χ4v) is 0.838. The third-order valence-electron chi connectivity index (χ3n) is 1.50. The Morgan fingerprint density at radius 1 is 1.32 bits per heavy atom. The lowest BCUT2D eigenvalue weighted by Crippen LogP contribution is -1.94. The number of H-pyrrole nitrogens is 2. The van der Waals surface area contributed by atoms with E-state index in [9.17, 15) is 20.2 Å². The Labute approximate surface area is 102 Å². The number of nitro groups is 2. The molecule has 2 aromatic rings. The van der Waals surface area contributed by atoms with Gasteiger partial charge in [0.25, 0.3) is 6.33 Å². The Kier molecular flexibility index (Phi) is 4.45. The zero-order valence-electron chi connectivity index (χ0n) is 8.87. The van der Waals surface area contributed by atoms with Gasteiger partial charge in [0.05, 0.1) is 0 Å². The molecule has 0 unspecified atom stereocenters. The number of nitrogens with one attached hydrogen (secondary N) is 2. The standard InChI is InChI=1S/C3H2N4O4.C2H2N6/c8-6(9)2-3(7(10)11)5-1-4-2;3-8-7-2-4-1-5-6-2/h1H,(H,4,5);1H,(H,4,5,6). The maximum atomic E-state index is 10.0. The van der Waals surface area contributed by atoms with Crippen molar-refractivity contribution in [2.24, 2.45) is 5.11 Å². The highest BCUT2D eigenvalue weighted by Crippen LogP contribution is 2.19. The Balaban J connectivity index is 0.000000200. The fraction of sp³-hybridized carbons (Fsp3) is 0. The van der Waals surface area contributed by atoms with Crippen molar-refractivity contribution in [2.75, 3.05) is 0 Å². The highest BCUT2D eigenvalue weighted by atomic mass is 16.6. The summed E-state index contributed by atoms with van der Waals surface area (Å²) in [6.07, 6.45) is 2.17. The van der Waals surface area contributed by atoms with Crippen molar-refractivity contribution in [3.8, 4) is 0 Å². The predicted molar refractivity (Wildman–Crippen MR) is 57.1 cm³/mol. The summed E-state index contributed by atoms with van der Waals surface area (Å²) in [5, 5.41) is 28.9. The summed E-state index contributed by atoms with van der Waals surface area (Å²) in [6, 6.07) is 0. The van der Waals surface area contributed by atoms with E-state index in [2.05, 4.69) is 30.2 Å². The quantitative estimate of drug-likeness (QED) is 0.270. The van der Waals surface area contributed by atoms with Crippen molar-refractivity contribution in [3.63, 3.8) is 0 Å². The normalized spacial score (nSPS) is 8.84. The summed E-state index contributed by atoms with van der Waals surface area (Å²) in [6.45, 7) is 0. The van der Waals surface area contributed by atoms with Gasteiger partial charge in [-0.3, -0.25) is 5.10 Å². The first-order chi connectivity index (χ1) is 9.06. The summed E-state index contributed by atoms with van der Waals surface area (Å²) in [4.78, 5) is 29.4. The number of azide groups is 1. The summed E-state index contributed by atoms with van der Waals surface area (Å²) in [7, 11) is 0. The van der Waals surface area contributed by atoms with Crippen LogP contribution in [0.4, 0.5) is 17.6 Å². The molecule has 0 spiro atoms. The molecule has 2 rings (SSSR count). The molecule has 0 fully saturated rings. The van der Waals surface area contributed by atoms with Gasteiger partial charge in [-0.2, -0.15) is 10.1 Å². The minimum Gasteiger partial charge on any atom is -0.358 e. The topological polar surface area (TPSA) is 205 Å². The van der Waals surface area contributed by atoms with Crippen molar-refractivity contribution in [1.29, 1.82) is 0 Å². The van der Waals surface area contributed by atoms with Crippen LogP contribution in [-0.4, -0.2) is 35.0 Å². The average Bonchev–Trinajstić information content (AvgIpc) is 3.00. The molecule has 98 valence electrons. The van der Waals surface area contributed by atoms with Gasteiger partial charge in [0.15, 0.2) is 0 Å². The third kappa shape index (κ3) is 3.75. The second-order valence-corrected chi connectivity index (χ2v) is 2.59. The van der Waals surface area contributed by atoms with Crippen LogP contribution in [0.15, 0.2) is 17.8 Å². The van der Waals surface area contributed by atoms with Gasteiger partial charge in [-0.05, 0) is 20.5 Å². The Morgan fingerprint density at radius 3 is 2.47 bits per heavy atom. The SMILES string of the molecule is O=[N+]([O-])c1nc[nH]c1[N+](=O)[O-].[N-]=[N+]=Nc1ncn[nH]1. The van der Waals surface area contributed by atoms with Gasteiger partial charge in [0.1, 0.15) is 6.33 Å². The molecule has 0 amide bonds. The van der Waals surface area contributed by atoms with E-state index in [1.807, 2.05) is 4.98 Å². The van der Waals surface area contributed by atoms with Crippen LogP contribution in [0.5, 0.6) is 0 Å². The number of imidazole rings is 1. The van der Waals surface area contributed by atoms with E-state index in [4.69, 9.17) is 5.53 Å².